The van der Waals surface area contributed by atoms with Gasteiger partial charge in [0, 0.05) is 24.2 Å². The summed E-state index contributed by atoms with van der Waals surface area (Å²) in [5.74, 6) is 1.59. The van der Waals surface area contributed by atoms with Crippen LogP contribution in [0.3, 0.4) is 0 Å². The van der Waals surface area contributed by atoms with E-state index in [0.29, 0.717) is 12.5 Å². The van der Waals surface area contributed by atoms with E-state index in [9.17, 15) is 4.79 Å². The molecule has 0 spiro atoms. The Kier molecular flexibility index (Phi) is 6.56. The summed E-state index contributed by atoms with van der Waals surface area (Å²) in [5, 5.41) is 12.1. The summed E-state index contributed by atoms with van der Waals surface area (Å²) < 4.78 is 9.19. The number of nitrogens with zero attached hydrogens (tertiary/aromatic N) is 4. The highest BCUT2D eigenvalue weighted by Gasteiger charge is 2.19. The highest BCUT2D eigenvalue weighted by Crippen LogP contribution is 2.27. The number of anilines is 1. The molecule has 3 rings (SSSR count). The van der Waals surface area contributed by atoms with Crippen molar-refractivity contribution in [2.24, 2.45) is 13.0 Å². The monoisotopic (exact) mass is 397 g/mol. The number of aryl methyl sites for hydroxylation is 2. The Morgan fingerprint density at radius 1 is 1.17 bits per heavy atom. The molecule has 0 fully saturated rings. The van der Waals surface area contributed by atoms with Crippen molar-refractivity contribution >= 4 is 17.2 Å². The molecule has 1 amide bonds. The van der Waals surface area contributed by atoms with E-state index in [1.54, 1.807) is 4.63 Å². The SMILES string of the molecule is CCCCC(CC)C(=O)Nc1ccc(-c2nn3nc(OCC)c(C)c3n2C)cc1. The van der Waals surface area contributed by atoms with E-state index in [4.69, 9.17) is 4.74 Å². The maximum atomic E-state index is 12.5. The highest BCUT2D eigenvalue weighted by atomic mass is 16.5. The number of hydrogen-bond donors (Lipinski definition) is 1. The quantitative estimate of drug-likeness (QED) is 0.573. The van der Waals surface area contributed by atoms with Crippen LogP contribution in [0.15, 0.2) is 24.3 Å². The molecule has 2 aromatic heterocycles. The van der Waals surface area contributed by atoms with Crippen LogP contribution >= 0.6 is 0 Å². The molecule has 29 heavy (non-hydrogen) atoms. The Morgan fingerprint density at radius 2 is 1.90 bits per heavy atom. The van der Waals surface area contributed by atoms with Gasteiger partial charge in [-0.25, -0.2) is 0 Å². The predicted molar refractivity (Wildman–Crippen MR) is 115 cm³/mol. The average Bonchev–Trinajstić information content (AvgIpc) is 3.20. The summed E-state index contributed by atoms with van der Waals surface area (Å²) in [7, 11) is 1.97. The standard InChI is InChI=1S/C22H31N5O2/c1-6-9-10-16(7-2)20(28)23-18-13-11-17(12-14-18)19-24-27-22(26(19)5)15(4)21(25-27)29-8-3/h11-14,16H,6-10H2,1-5H3,(H,23,28). The molecule has 3 aromatic rings. The first-order chi connectivity index (χ1) is 14.0. The van der Waals surface area contributed by atoms with Gasteiger partial charge >= 0.3 is 0 Å². The van der Waals surface area contributed by atoms with E-state index < -0.39 is 0 Å². The minimum Gasteiger partial charge on any atom is -0.477 e. The summed E-state index contributed by atoms with van der Waals surface area (Å²) in [6, 6.07) is 7.80. The molecule has 156 valence electrons. The third-order valence-electron chi connectivity index (χ3n) is 5.32. The second-order valence-electron chi connectivity index (χ2n) is 7.37. The Hall–Kier alpha value is -2.83. The minimum absolute atomic E-state index is 0.0689. The van der Waals surface area contributed by atoms with Gasteiger partial charge in [-0.05, 0) is 51.0 Å². The molecule has 0 radical (unpaired) electrons. The van der Waals surface area contributed by atoms with Gasteiger partial charge in [-0.15, -0.1) is 14.8 Å². The van der Waals surface area contributed by atoms with Gasteiger partial charge in [-0.1, -0.05) is 26.7 Å². The number of ether oxygens (including phenoxy) is 1. The number of unbranched alkanes of at least 4 members (excludes halogenated alkanes) is 1. The van der Waals surface area contributed by atoms with Crippen LogP contribution in [0.4, 0.5) is 5.69 Å². The lowest BCUT2D eigenvalue weighted by atomic mass is 9.98. The number of hydrogen-bond acceptors (Lipinski definition) is 4. The molecular weight excluding hydrogens is 366 g/mol. The third kappa shape index (κ3) is 4.28. The zero-order chi connectivity index (χ0) is 21.0. The lowest BCUT2D eigenvalue weighted by Crippen LogP contribution is -2.22. The van der Waals surface area contributed by atoms with Gasteiger partial charge in [0.15, 0.2) is 11.5 Å². The number of rotatable bonds is 9. The number of aromatic nitrogens is 4. The minimum atomic E-state index is 0.0689. The number of benzene rings is 1. The number of carbonyl (C=O) groups excluding carboxylic acids is 1. The molecule has 7 nitrogen and oxygen atoms in total. The van der Waals surface area contributed by atoms with Crippen LogP contribution in [0.5, 0.6) is 5.88 Å². The van der Waals surface area contributed by atoms with Crippen LogP contribution in [0.2, 0.25) is 0 Å². The zero-order valence-electron chi connectivity index (χ0n) is 18.0. The van der Waals surface area contributed by atoms with Crippen LogP contribution in [0, 0.1) is 12.8 Å². The van der Waals surface area contributed by atoms with E-state index in [2.05, 4.69) is 29.4 Å². The van der Waals surface area contributed by atoms with Crippen molar-refractivity contribution in [1.29, 1.82) is 0 Å². The van der Waals surface area contributed by atoms with Crippen LogP contribution in [0.25, 0.3) is 17.0 Å². The normalized spacial score (nSPS) is 12.3. The first kappa shape index (κ1) is 20.9. The highest BCUT2D eigenvalue weighted by molar-refractivity contribution is 5.92. The summed E-state index contributed by atoms with van der Waals surface area (Å²) in [6.45, 7) is 8.72. The number of amides is 1. The van der Waals surface area contributed by atoms with Gasteiger partial charge in [0.1, 0.15) is 0 Å². The molecule has 1 unspecified atom stereocenters. The van der Waals surface area contributed by atoms with Crippen molar-refractivity contribution in [2.75, 3.05) is 11.9 Å². The molecule has 2 heterocycles. The van der Waals surface area contributed by atoms with E-state index in [-0.39, 0.29) is 11.8 Å². The summed E-state index contributed by atoms with van der Waals surface area (Å²) in [5.41, 5.74) is 3.64. The lowest BCUT2D eigenvalue weighted by molar-refractivity contribution is -0.120. The molecule has 0 aliphatic carbocycles. The van der Waals surface area contributed by atoms with E-state index in [1.165, 1.54) is 0 Å². The summed E-state index contributed by atoms with van der Waals surface area (Å²) in [4.78, 5) is 12.5. The average molecular weight is 398 g/mol. The molecule has 0 saturated carbocycles. The predicted octanol–water partition coefficient (Wildman–Crippen LogP) is 4.60. The van der Waals surface area contributed by atoms with Crippen molar-refractivity contribution in [1.82, 2.24) is 19.4 Å². The van der Waals surface area contributed by atoms with Crippen molar-refractivity contribution < 1.29 is 9.53 Å². The number of fused-ring (bicyclic) bond motifs is 1. The molecule has 0 aliphatic heterocycles. The lowest BCUT2D eigenvalue weighted by Gasteiger charge is -2.14. The van der Waals surface area contributed by atoms with E-state index in [0.717, 1.165) is 54.0 Å². The van der Waals surface area contributed by atoms with Crippen molar-refractivity contribution in [2.45, 2.75) is 53.4 Å². The van der Waals surface area contributed by atoms with E-state index >= 15 is 0 Å². The molecule has 0 bridgehead atoms. The molecule has 1 atom stereocenters. The maximum absolute atomic E-state index is 12.5. The van der Waals surface area contributed by atoms with Gasteiger partial charge in [0.2, 0.25) is 11.8 Å². The van der Waals surface area contributed by atoms with Gasteiger partial charge in [0.05, 0.1) is 12.2 Å². The van der Waals surface area contributed by atoms with Crippen LogP contribution in [-0.2, 0) is 11.8 Å². The molecule has 0 aliphatic rings. The fourth-order valence-electron chi connectivity index (χ4n) is 3.61. The fraction of sp³-hybridized carbons (Fsp3) is 0.500. The second-order valence-corrected chi connectivity index (χ2v) is 7.37. The second kappa shape index (κ2) is 9.11. The van der Waals surface area contributed by atoms with Gasteiger partial charge in [-0.2, -0.15) is 0 Å². The molecule has 0 saturated heterocycles. The van der Waals surface area contributed by atoms with Crippen LogP contribution < -0.4 is 10.1 Å². The Balaban J connectivity index is 1.78. The molecule has 7 heteroatoms. The van der Waals surface area contributed by atoms with Crippen molar-refractivity contribution in [3.63, 3.8) is 0 Å². The smallest absolute Gasteiger partial charge is 0.240 e. The molecular formula is C22H31N5O2. The van der Waals surface area contributed by atoms with E-state index in [1.807, 2.05) is 49.7 Å². The van der Waals surface area contributed by atoms with Crippen LogP contribution in [-0.4, -0.2) is 31.9 Å². The van der Waals surface area contributed by atoms with Crippen LogP contribution in [0.1, 0.15) is 52.0 Å². The Bertz CT molecular complexity index is 971. The van der Waals surface area contributed by atoms with Gasteiger partial charge < -0.3 is 14.6 Å². The molecule has 1 N–H and O–H groups in total. The topological polar surface area (TPSA) is 73.5 Å². The zero-order valence-corrected chi connectivity index (χ0v) is 18.0. The largest absolute Gasteiger partial charge is 0.477 e. The van der Waals surface area contributed by atoms with Crippen molar-refractivity contribution in [3.8, 4) is 17.3 Å². The maximum Gasteiger partial charge on any atom is 0.240 e. The third-order valence-corrected chi connectivity index (χ3v) is 5.32. The first-order valence-electron chi connectivity index (χ1n) is 10.5. The number of nitrogens with one attached hydrogen (secondary N) is 1. The van der Waals surface area contributed by atoms with Gasteiger partial charge in [-0.3, -0.25) is 4.79 Å². The molecule has 1 aromatic carbocycles. The first-order valence-corrected chi connectivity index (χ1v) is 10.5. The van der Waals surface area contributed by atoms with Crippen molar-refractivity contribution in [3.05, 3.63) is 29.8 Å². The fourth-order valence-corrected chi connectivity index (χ4v) is 3.61. The summed E-state index contributed by atoms with van der Waals surface area (Å²) >= 11 is 0. The van der Waals surface area contributed by atoms with Gasteiger partial charge in [0.25, 0.3) is 0 Å². The Morgan fingerprint density at radius 3 is 2.48 bits per heavy atom. The number of carbonyl (C=O) groups is 1. The Labute approximate surface area is 172 Å². The summed E-state index contributed by atoms with van der Waals surface area (Å²) in [6.07, 6.45) is 3.99.